The van der Waals surface area contributed by atoms with Crippen LogP contribution in [0.4, 0.5) is 0 Å². The molecule has 0 bridgehead atoms. The summed E-state index contributed by atoms with van der Waals surface area (Å²) >= 11 is 0. The Hall–Kier alpha value is -2.04. The zero-order valence-electron chi connectivity index (χ0n) is 10.8. The molecule has 5 nitrogen and oxygen atoms in total. The molecular formula is C14H17NO4. The molecule has 0 aliphatic heterocycles. The van der Waals surface area contributed by atoms with Gasteiger partial charge in [-0.05, 0) is 37.5 Å². The molecule has 1 saturated carbocycles. The van der Waals surface area contributed by atoms with Gasteiger partial charge in [-0.1, -0.05) is 12.1 Å². The molecule has 1 aliphatic rings. The monoisotopic (exact) mass is 263 g/mol. The summed E-state index contributed by atoms with van der Waals surface area (Å²) in [6, 6.07) is 7.36. The van der Waals surface area contributed by atoms with E-state index in [-0.39, 0.29) is 0 Å². The average Bonchev–Trinajstić information content (AvgIpc) is 3.19. The Kier molecular flexibility index (Phi) is 3.74. The zero-order chi connectivity index (χ0) is 13.9. The van der Waals surface area contributed by atoms with Crippen molar-refractivity contribution in [1.82, 2.24) is 5.32 Å². The predicted octanol–water partition coefficient (Wildman–Crippen LogP) is 1.57. The first-order chi connectivity index (χ1) is 9.08. The van der Waals surface area contributed by atoms with Crippen molar-refractivity contribution in [2.24, 2.45) is 5.41 Å². The summed E-state index contributed by atoms with van der Waals surface area (Å²) in [4.78, 5) is 22.8. The van der Waals surface area contributed by atoms with Gasteiger partial charge in [0, 0.05) is 6.54 Å². The number of carboxylic acid groups (broad SMARTS) is 1. The van der Waals surface area contributed by atoms with Crippen molar-refractivity contribution in [3.63, 3.8) is 0 Å². The molecule has 102 valence electrons. The van der Waals surface area contributed by atoms with Crippen molar-refractivity contribution >= 4 is 11.9 Å². The second-order valence-electron chi connectivity index (χ2n) is 4.65. The van der Waals surface area contributed by atoms with E-state index in [2.05, 4.69) is 5.32 Å². The van der Waals surface area contributed by atoms with E-state index in [4.69, 9.17) is 9.84 Å². The van der Waals surface area contributed by atoms with Crippen LogP contribution in [0.15, 0.2) is 24.3 Å². The highest BCUT2D eigenvalue weighted by Gasteiger charge is 2.56. The number of rotatable bonds is 6. The Balaban J connectivity index is 1.89. The minimum atomic E-state index is -1.18. The van der Waals surface area contributed by atoms with Gasteiger partial charge in [0.25, 0.3) is 0 Å². The van der Waals surface area contributed by atoms with Crippen LogP contribution >= 0.6 is 0 Å². The Bertz CT molecular complexity index is 477. The molecule has 0 aromatic heterocycles. The molecule has 0 unspecified atom stereocenters. The van der Waals surface area contributed by atoms with Crippen molar-refractivity contribution in [2.75, 3.05) is 6.61 Å². The summed E-state index contributed by atoms with van der Waals surface area (Å²) < 4.78 is 5.32. The lowest BCUT2D eigenvalue weighted by atomic mass is 10.1. The standard InChI is InChI=1S/C14H17NO4/c1-2-19-11-5-3-10(4-6-11)9-15-12(16)14(7-8-14)13(17)18/h3-6H,2,7-9H2,1H3,(H,15,16)(H,17,18). The Morgan fingerprint density at radius 3 is 2.42 bits per heavy atom. The molecule has 5 heteroatoms. The minimum Gasteiger partial charge on any atom is -0.494 e. The normalized spacial score (nSPS) is 15.6. The molecule has 1 amide bonds. The zero-order valence-corrected chi connectivity index (χ0v) is 10.8. The van der Waals surface area contributed by atoms with Crippen LogP contribution in [-0.2, 0) is 16.1 Å². The molecule has 1 fully saturated rings. The van der Waals surface area contributed by atoms with Crippen LogP contribution < -0.4 is 10.1 Å². The molecule has 19 heavy (non-hydrogen) atoms. The molecule has 1 aromatic rings. The Labute approximate surface area is 111 Å². The van der Waals surface area contributed by atoms with E-state index < -0.39 is 17.3 Å². The first kappa shape index (κ1) is 13.4. The summed E-state index contributed by atoms with van der Waals surface area (Å²) in [5.41, 5.74) is -0.261. The third-order valence-corrected chi connectivity index (χ3v) is 3.28. The van der Waals surface area contributed by atoms with Crippen molar-refractivity contribution in [1.29, 1.82) is 0 Å². The van der Waals surface area contributed by atoms with Gasteiger partial charge in [-0.15, -0.1) is 0 Å². The minimum absolute atomic E-state index is 0.334. The lowest BCUT2D eigenvalue weighted by Gasteiger charge is -2.11. The first-order valence-corrected chi connectivity index (χ1v) is 6.32. The predicted molar refractivity (Wildman–Crippen MR) is 68.8 cm³/mol. The maximum atomic E-state index is 11.8. The summed E-state index contributed by atoms with van der Waals surface area (Å²) in [7, 11) is 0. The quantitative estimate of drug-likeness (QED) is 0.764. The summed E-state index contributed by atoms with van der Waals surface area (Å²) in [5.74, 6) is -0.646. The maximum Gasteiger partial charge on any atom is 0.319 e. The number of aliphatic carboxylic acids is 1. The van der Waals surface area contributed by atoms with Gasteiger partial charge in [0.1, 0.15) is 11.2 Å². The van der Waals surface area contributed by atoms with Gasteiger partial charge >= 0.3 is 5.97 Å². The summed E-state index contributed by atoms with van der Waals surface area (Å²) in [5, 5.41) is 11.7. The fraction of sp³-hybridized carbons (Fsp3) is 0.429. The highest BCUT2D eigenvalue weighted by atomic mass is 16.5. The molecular weight excluding hydrogens is 246 g/mol. The van der Waals surface area contributed by atoms with Gasteiger partial charge in [-0.25, -0.2) is 0 Å². The van der Waals surface area contributed by atoms with E-state index in [0.717, 1.165) is 11.3 Å². The van der Waals surface area contributed by atoms with Crippen LogP contribution in [0.5, 0.6) is 5.75 Å². The molecule has 0 saturated heterocycles. The Morgan fingerprint density at radius 2 is 1.95 bits per heavy atom. The molecule has 0 radical (unpaired) electrons. The van der Waals surface area contributed by atoms with Gasteiger partial charge in [0.15, 0.2) is 0 Å². The average molecular weight is 263 g/mol. The highest BCUT2D eigenvalue weighted by molar-refractivity contribution is 6.04. The molecule has 1 aliphatic carbocycles. The van der Waals surface area contributed by atoms with Crippen LogP contribution in [0.3, 0.4) is 0 Å². The second-order valence-corrected chi connectivity index (χ2v) is 4.65. The number of carbonyl (C=O) groups is 2. The van der Waals surface area contributed by atoms with Gasteiger partial charge in [-0.2, -0.15) is 0 Å². The fourth-order valence-corrected chi connectivity index (χ4v) is 1.88. The molecule has 2 N–H and O–H groups in total. The van der Waals surface area contributed by atoms with Crippen LogP contribution in [0.25, 0.3) is 0 Å². The number of hydrogen-bond donors (Lipinski definition) is 2. The van der Waals surface area contributed by atoms with E-state index in [9.17, 15) is 9.59 Å². The topological polar surface area (TPSA) is 75.6 Å². The van der Waals surface area contributed by atoms with Crippen molar-refractivity contribution < 1.29 is 19.4 Å². The second kappa shape index (κ2) is 5.30. The molecule has 0 spiro atoms. The van der Waals surface area contributed by atoms with Gasteiger partial charge in [0.2, 0.25) is 5.91 Å². The summed E-state index contributed by atoms with van der Waals surface area (Å²) in [6.45, 7) is 2.85. The number of carbonyl (C=O) groups excluding carboxylic acids is 1. The molecule has 2 rings (SSSR count). The number of amides is 1. The fourth-order valence-electron chi connectivity index (χ4n) is 1.88. The van der Waals surface area contributed by atoms with Crippen LogP contribution in [0.1, 0.15) is 25.3 Å². The molecule has 0 atom stereocenters. The molecule has 1 aromatic carbocycles. The van der Waals surface area contributed by atoms with Crippen LogP contribution in [0.2, 0.25) is 0 Å². The van der Waals surface area contributed by atoms with E-state index in [1.807, 2.05) is 31.2 Å². The van der Waals surface area contributed by atoms with Crippen molar-refractivity contribution in [3.05, 3.63) is 29.8 Å². The molecule has 0 heterocycles. The van der Waals surface area contributed by atoms with Crippen molar-refractivity contribution in [3.8, 4) is 5.75 Å². The first-order valence-electron chi connectivity index (χ1n) is 6.32. The number of hydrogen-bond acceptors (Lipinski definition) is 3. The van der Waals surface area contributed by atoms with Gasteiger partial charge in [-0.3, -0.25) is 9.59 Å². The van der Waals surface area contributed by atoms with E-state index in [1.54, 1.807) is 0 Å². The van der Waals surface area contributed by atoms with Crippen LogP contribution in [0, 0.1) is 5.41 Å². The number of nitrogens with one attached hydrogen (secondary N) is 1. The SMILES string of the molecule is CCOc1ccc(CNC(=O)C2(C(=O)O)CC2)cc1. The smallest absolute Gasteiger partial charge is 0.319 e. The van der Waals surface area contributed by atoms with Crippen LogP contribution in [-0.4, -0.2) is 23.6 Å². The Morgan fingerprint density at radius 1 is 1.32 bits per heavy atom. The number of carboxylic acids is 1. The number of ether oxygens (including phenoxy) is 1. The van der Waals surface area contributed by atoms with E-state index >= 15 is 0 Å². The largest absolute Gasteiger partial charge is 0.494 e. The third-order valence-electron chi connectivity index (χ3n) is 3.28. The summed E-state index contributed by atoms with van der Waals surface area (Å²) in [6.07, 6.45) is 0.856. The third kappa shape index (κ3) is 2.86. The van der Waals surface area contributed by atoms with E-state index in [1.165, 1.54) is 0 Å². The van der Waals surface area contributed by atoms with Crippen molar-refractivity contribution in [2.45, 2.75) is 26.3 Å². The highest BCUT2D eigenvalue weighted by Crippen LogP contribution is 2.46. The van der Waals surface area contributed by atoms with Gasteiger partial charge < -0.3 is 15.2 Å². The maximum absolute atomic E-state index is 11.8. The van der Waals surface area contributed by atoms with Gasteiger partial charge in [0.05, 0.1) is 6.61 Å². The number of benzene rings is 1. The van der Waals surface area contributed by atoms with E-state index in [0.29, 0.717) is 26.0 Å². The lowest BCUT2D eigenvalue weighted by Crippen LogP contribution is -2.36. The lowest BCUT2D eigenvalue weighted by molar-refractivity contribution is -0.149.